The lowest BCUT2D eigenvalue weighted by Gasteiger charge is -2.14. The van der Waals surface area contributed by atoms with E-state index in [1.807, 2.05) is 14.1 Å². The van der Waals surface area contributed by atoms with Crippen LogP contribution in [0.2, 0.25) is 0 Å². The quantitative estimate of drug-likeness (QED) is 0.771. The number of anilines is 2. The minimum atomic E-state index is -0.832. The predicted molar refractivity (Wildman–Crippen MR) is 61.7 cm³/mol. The zero-order valence-corrected chi connectivity index (χ0v) is 9.64. The standard InChI is InChI=1S/C10H16N4O2/c1-7(6-9(15)16)12-8-4-5-11-10(13-8)14(2)3/h4-5,7H,6H2,1-3H3,(H,15,16)(H,11,12,13). The van der Waals surface area contributed by atoms with E-state index in [4.69, 9.17) is 5.11 Å². The van der Waals surface area contributed by atoms with E-state index in [1.54, 1.807) is 24.1 Å². The molecule has 0 amide bonds. The van der Waals surface area contributed by atoms with Crippen LogP contribution >= 0.6 is 0 Å². The van der Waals surface area contributed by atoms with E-state index >= 15 is 0 Å². The van der Waals surface area contributed by atoms with Crippen molar-refractivity contribution in [2.24, 2.45) is 0 Å². The third kappa shape index (κ3) is 3.72. The molecule has 0 aliphatic carbocycles. The van der Waals surface area contributed by atoms with Crippen molar-refractivity contribution in [1.82, 2.24) is 9.97 Å². The van der Waals surface area contributed by atoms with E-state index < -0.39 is 5.97 Å². The minimum Gasteiger partial charge on any atom is -0.481 e. The van der Waals surface area contributed by atoms with Crippen LogP contribution in [-0.2, 0) is 4.79 Å². The number of nitrogens with one attached hydrogen (secondary N) is 1. The molecule has 16 heavy (non-hydrogen) atoms. The Labute approximate surface area is 94.3 Å². The summed E-state index contributed by atoms with van der Waals surface area (Å²) in [6, 6.07) is 1.55. The molecule has 2 N–H and O–H groups in total. The van der Waals surface area contributed by atoms with Crippen molar-refractivity contribution in [3.63, 3.8) is 0 Å². The van der Waals surface area contributed by atoms with Crippen LogP contribution in [0.25, 0.3) is 0 Å². The number of nitrogens with zero attached hydrogens (tertiary/aromatic N) is 3. The molecule has 1 aromatic heterocycles. The third-order valence-electron chi connectivity index (χ3n) is 1.92. The molecule has 0 aliphatic heterocycles. The SMILES string of the molecule is CC(CC(=O)O)Nc1ccnc(N(C)C)n1. The summed E-state index contributed by atoms with van der Waals surface area (Å²) in [4.78, 5) is 20.6. The highest BCUT2D eigenvalue weighted by atomic mass is 16.4. The first-order valence-electron chi connectivity index (χ1n) is 4.97. The average Bonchev–Trinajstić information content (AvgIpc) is 2.16. The molecule has 0 fully saturated rings. The van der Waals surface area contributed by atoms with Crippen LogP contribution in [0, 0.1) is 0 Å². The van der Waals surface area contributed by atoms with E-state index in [0.717, 1.165) is 0 Å². The molecular weight excluding hydrogens is 208 g/mol. The zero-order valence-electron chi connectivity index (χ0n) is 9.64. The highest BCUT2D eigenvalue weighted by molar-refractivity contribution is 5.68. The van der Waals surface area contributed by atoms with E-state index in [-0.39, 0.29) is 12.5 Å². The maximum Gasteiger partial charge on any atom is 0.305 e. The van der Waals surface area contributed by atoms with Gasteiger partial charge in [-0.15, -0.1) is 0 Å². The number of carbonyl (C=O) groups is 1. The predicted octanol–water partition coefficient (Wildman–Crippen LogP) is 0.818. The van der Waals surface area contributed by atoms with Gasteiger partial charge in [0, 0.05) is 26.3 Å². The van der Waals surface area contributed by atoms with E-state index in [1.165, 1.54) is 0 Å². The first-order chi connectivity index (χ1) is 7.49. The summed E-state index contributed by atoms with van der Waals surface area (Å²) in [7, 11) is 3.69. The Balaban J connectivity index is 2.66. The van der Waals surface area contributed by atoms with Gasteiger partial charge in [-0.05, 0) is 13.0 Å². The molecule has 0 aromatic carbocycles. The number of aliphatic carboxylic acids is 1. The van der Waals surface area contributed by atoms with E-state index in [9.17, 15) is 4.79 Å². The average molecular weight is 224 g/mol. The maximum atomic E-state index is 10.5. The first-order valence-corrected chi connectivity index (χ1v) is 4.97. The van der Waals surface area contributed by atoms with Crippen molar-refractivity contribution in [2.45, 2.75) is 19.4 Å². The van der Waals surface area contributed by atoms with Gasteiger partial charge in [0.25, 0.3) is 0 Å². The lowest BCUT2D eigenvalue weighted by molar-refractivity contribution is -0.137. The second-order valence-electron chi connectivity index (χ2n) is 3.78. The Morgan fingerprint density at radius 3 is 2.88 bits per heavy atom. The molecule has 0 aliphatic rings. The van der Waals surface area contributed by atoms with Gasteiger partial charge >= 0.3 is 5.97 Å². The van der Waals surface area contributed by atoms with Crippen LogP contribution in [-0.4, -0.2) is 41.2 Å². The van der Waals surface area contributed by atoms with Gasteiger partial charge in [0.15, 0.2) is 0 Å². The molecule has 0 saturated carbocycles. The van der Waals surface area contributed by atoms with Crippen molar-refractivity contribution in [3.05, 3.63) is 12.3 Å². The normalized spacial score (nSPS) is 11.9. The number of carboxylic acids is 1. The summed E-state index contributed by atoms with van der Waals surface area (Å²) in [5, 5.41) is 11.6. The second-order valence-corrected chi connectivity index (χ2v) is 3.78. The van der Waals surface area contributed by atoms with Crippen molar-refractivity contribution < 1.29 is 9.90 Å². The second kappa shape index (κ2) is 5.29. The molecule has 1 atom stereocenters. The Morgan fingerprint density at radius 1 is 1.62 bits per heavy atom. The highest BCUT2D eigenvalue weighted by Crippen LogP contribution is 2.09. The van der Waals surface area contributed by atoms with Crippen molar-refractivity contribution in [2.75, 3.05) is 24.3 Å². The molecule has 6 heteroatoms. The summed E-state index contributed by atoms with van der Waals surface area (Å²) in [5.41, 5.74) is 0. The number of rotatable bonds is 5. The van der Waals surface area contributed by atoms with Gasteiger partial charge in [0.1, 0.15) is 5.82 Å². The zero-order chi connectivity index (χ0) is 12.1. The smallest absolute Gasteiger partial charge is 0.305 e. The summed E-state index contributed by atoms with van der Waals surface area (Å²) in [6.07, 6.45) is 1.69. The largest absolute Gasteiger partial charge is 0.481 e. The van der Waals surface area contributed by atoms with Gasteiger partial charge in [0.2, 0.25) is 5.95 Å². The first kappa shape index (κ1) is 12.2. The molecule has 6 nitrogen and oxygen atoms in total. The summed E-state index contributed by atoms with van der Waals surface area (Å²) in [5.74, 6) is 0.391. The van der Waals surface area contributed by atoms with Gasteiger partial charge in [-0.25, -0.2) is 4.98 Å². The van der Waals surface area contributed by atoms with Crippen LogP contribution < -0.4 is 10.2 Å². The number of carboxylic acid groups (broad SMARTS) is 1. The Kier molecular flexibility index (Phi) is 4.04. The third-order valence-corrected chi connectivity index (χ3v) is 1.92. The summed E-state index contributed by atoms with van der Waals surface area (Å²) < 4.78 is 0. The molecule has 1 rings (SSSR count). The number of hydrogen-bond donors (Lipinski definition) is 2. The molecule has 88 valence electrons. The minimum absolute atomic E-state index is 0.0568. The van der Waals surface area contributed by atoms with Gasteiger partial charge in [-0.1, -0.05) is 0 Å². The van der Waals surface area contributed by atoms with Gasteiger partial charge in [0.05, 0.1) is 6.42 Å². The van der Waals surface area contributed by atoms with E-state index in [0.29, 0.717) is 11.8 Å². The van der Waals surface area contributed by atoms with Crippen LogP contribution in [0.5, 0.6) is 0 Å². The molecular formula is C10H16N4O2. The van der Waals surface area contributed by atoms with Crippen LogP contribution in [0.4, 0.5) is 11.8 Å². The number of aromatic nitrogens is 2. The van der Waals surface area contributed by atoms with Crippen LogP contribution in [0.1, 0.15) is 13.3 Å². The van der Waals surface area contributed by atoms with Gasteiger partial charge < -0.3 is 15.3 Å². The van der Waals surface area contributed by atoms with Crippen molar-refractivity contribution in [3.8, 4) is 0 Å². The Hall–Kier alpha value is -1.85. The lowest BCUT2D eigenvalue weighted by atomic mass is 10.2. The number of hydrogen-bond acceptors (Lipinski definition) is 5. The van der Waals surface area contributed by atoms with Crippen molar-refractivity contribution in [1.29, 1.82) is 0 Å². The van der Waals surface area contributed by atoms with E-state index in [2.05, 4.69) is 15.3 Å². The maximum absolute atomic E-state index is 10.5. The van der Waals surface area contributed by atoms with Crippen LogP contribution in [0.3, 0.4) is 0 Å². The molecule has 1 aromatic rings. The van der Waals surface area contributed by atoms with Gasteiger partial charge in [-0.2, -0.15) is 4.98 Å². The summed E-state index contributed by atoms with van der Waals surface area (Å²) in [6.45, 7) is 1.80. The highest BCUT2D eigenvalue weighted by Gasteiger charge is 2.08. The van der Waals surface area contributed by atoms with Crippen LogP contribution in [0.15, 0.2) is 12.3 Å². The molecule has 0 saturated heterocycles. The molecule has 0 spiro atoms. The summed E-state index contributed by atoms with van der Waals surface area (Å²) >= 11 is 0. The fourth-order valence-corrected chi connectivity index (χ4v) is 1.21. The monoisotopic (exact) mass is 224 g/mol. The lowest BCUT2D eigenvalue weighted by Crippen LogP contribution is -2.21. The van der Waals surface area contributed by atoms with Crippen molar-refractivity contribution >= 4 is 17.7 Å². The molecule has 1 unspecified atom stereocenters. The Morgan fingerprint density at radius 2 is 2.31 bits per heavy atom. The fraction of sp³-hybridized carbons (Fsp3) is 0.500. The topological polar surface area (TPSA) is 78.3 Å². The molecule has 0 bridgehead atoms. The Bertz CT molecular complexity index is 368. The van der Waals surface area contributed by atoms with Gasteiger partial charge in [-0.3, -0.25) is 4.79 Å². The fourth-order valence-electron chi connectivity index (χ4n) is 1.21. The molecule has 1 heterocycles. The molecule has 0 radical (unpaired) electrons.